The lowest BCUT2D eigenvalue weighted by atomic mass is 10.1. The van der Waals surface area contributed by atoms with Crippen LogP contribution in [0.15, 0.2) is 46.6 Å². The SMILES string of the molecule is C1=CC(COCc2ccco2)=C1. The average Bonchev–Trinajstić information content (AvgIpc) is 2.46. The van der Waals surface area contributed by atoms with Crippen molar-refractivity contribution >= 4 is 0 Å². The molecule has 0 bridgehead atoms. The van der Waals surface area contributed by atoms with Crippen LogP contribution in [0.4, 0.5) is 0 Å². The molecule has 62 valence electrons. The first kappa shape index (κ1) is 7.37. The molecule has 2 nitrogen and oxygen atoms in total. The summed E-state index contributed by atoms with van der Waals surface area (Å²) in [5.41, 5.74) is 1.24. The maximum absolute atomic E-state index is 5.37. The molecular formula is C10H10O2. The molecular weight excluding hydrogens is 152 g/mol. The Kier molecular flexibility index (Phi) is 2.10. The van der Waals surface area contributed by atoms with Gasteiger partial charge in [-0.15, -0.1) is 0 Å². The Morgan fingerprint density at radius 3 is 2.83 bits per heavy atom. The Labute approximate surface area is 71.1 Å². The van der Waals surface area contributed by atoms with Crippen molar-refractivity contribution in [3.05, 3.63) is 48.0 Å². The molecule has 0 radical (unpaired) electrons. The molecule has 1 aliphatic carbocycles. The van der Waals surface area contributed by atoms with E-state index in [1.807, 2.05) is 30.4 Å². The number of rotatable bonds is 4. The molecule has 0 aromatic carbocycles. The van der Waals surface area contributed by atoms with E-state index in [-0.39, 0.29) is 0 Å². The van der Waals surface area contributed by atoms with Gasteiger partial charge < -0.3 is 9.15 Å². The van der Waals surface area contributed by atoms with Gasteiger partial charge in [-0.05, 0) is 17.7 Å². The third-order valence-electron chi connectivity index (χ3n) is 1.71. The Morgan fingerprint density at radius 1 is 1.33 bits per heavy atom. The number of ether oxygens (including phenoxy) is 1. The summed E-state index contributed by atoms with van der Waals surface area (Å²) in [6.07, 6.45) is 7.75. The third-order valence-corrected chi connectivity index (χ3v) is 1.71. The van der Waals surface area contributed by atoms with Crippen LogP contribution < -0.4 is 0 Å². The van der Waals surface area contributed by atoms with Gasteiger partial charge in [0, 0.05) is 0 Å². The van der Waals surface area contributed by atoms with Gasteiger partial charge in [0.15, 0.2) is 0 Å². The Morgan fingerprint density at radius 2 is 2.25 bits per heavy atom. The lowest BCUT2D eigenvalue weighted by molar-refractivity contribution is 0.127. The van der Waals surface area contributed by atoms with Gasteiger partial charge in [-0.25, -0.2) is 0 Å². The fourth-order valence-electron chi connectivity index (χ4n) is 0.993. The van der Waals surface area contributed by atoms with E-state index in [9.17, 15) is 0 Å². The highest BCUT2D eigenvalue weighted by Crippen LogP contribution is 2.09. The molecule has 0 saturated carbocycles. The Bertz CT molecular complexity index is 294. The molecule has 1 aliphatic rings. The highest BCUT2D eigenvalue weighted by Gasteiger charge is 1.99. The van der Waals surface area contributed by atoms with Crippen LogP contribution in [-0.4, -0.2) is 6.61 Å². The van der Waals surface area contributed by atoms with Crippen LogP contribution in [0, 0.1) is 0 Å². The minimum absolute atomic E-state index is 0.554. The van der Waals surface area contributed by atoms with Crippen molar-refractivity contribution < 1.29 is 9.15 Å². The second kappa shape index (κ2) is 3.41. The first-order valence-corrected chi connectivity index (χ1v) is 3.92. The second-order valence-corrected chi connectivity index (χ2v) is 2.67. The lowest BCUT2D eigenvalue weighted by Crippen LogP contribution is -1.98. The van der Waals surface area contributed by atoms with Gasteiger partial charge in [0.25, 0.3) is 0 Å². The molecule has 0 unspecified atom stereocenters. The molecule has 2 rings (SSSR count). The summed E-state index contributed by atoms with van der Waals surface area (Å²) in [6.45, 7) is 1.23. The smallest absolute Gasteiger partial charge is 0.129 e. The maximum atomic E-state index is 5.37. The standard InChI is InChI=1S/C10H10O2/c1-3-9(4-1)7-11-8-10-5-2-6-12-10/h1-6H,7-8H2. The number of hydrogen-bond acceptors (Lipinski definition) is 2. The Hall–Kier alpha value is -1.28. The van der Waals surface area contributed by atoms with E-state index in [2.05, 4.69) is 0 Å². The predicted octanol–water partition coefficient (Wildman–Crippen LogP) is 2.29. The molecule has 1 heterocycles. The number of hydrogen-bond donors (Lipinski definition) is 0. The van der Waals surface area contributed by atoms with Crippen molar-refractivity contribution in [1.82, 2.24) is 0 Å². The summed E-state index contributed by atoms with van der Waals surface area (Å²) in [6, 6.07) is 3.77. The van der Waals surface area contributed by atoms with Crippen molar-refractivity contribution in [3.8, 4) is 0 Å². The van der Waals surface area contributed by atoms with E-state index in [1.165, 1.54) is 5.57 Å². The normalized spacial score (nSPS) is 14.2. The molecule has 1 aromatic rings. The topological polar surface area (TPSA) is 22.4 Å². The van der Waals surface area contributed by atoms with Crippen LogP contribution in [0.1, 0.15) is 5.76 Å². The van der Waals surface area contributed by atoms with Crippen LogP contribution in [0.25, 0.3) is 0 Å². The highest BCUT2D eigenvalue weighted by molar-refractivity contribution is 5.35. The number of furan rings is 1. The van der Waals surface area contributed by atoms with Gasteiger partial charge in [-0.2, -0.15) is 0 Å². The van der Waals surface area contributed by atoms with Crippen molar-refractivity contribution in [2.24, 2.45) is 0 Å². The quantitative estimate of drug-likeness (QED) is 0.677. The monoisotopic (exact) mass is 162 g/mol. The maximum Gasteiger partial charge on any atom is 0.129 e. The van der Waals surface area contributed by atoms with E-state index < -0.39 is 0 Å². The van der Waals surface area contributed by atoms with E-state index in [1.54, 1.807) is 6.26 Å². The van der Waals surface area contributed by atoms with Crippen molar-refractivity contribution in [2.75, 3.05) is 6.61 Å². The molecule has 2 heteroatoms. The van der Waals surface area contributed by atoms with Crippen molar-refractivity contribution in [2.45, 2.75) is 6.61 Å². The predicted molar refractivity (Wildman–Crippen MR) is 45.6 cm³/mol. The summed E-state index contributed by atoms with van der Waals surface area (Å²) in [7, 11) is 0. The summed E-state index contributed by atoms with van der Waals surface area (Å²) in [4.78, 5) is 0. The molecule has 0 saturated heterocycles. The minimum atomic E-state index is 0.554. The van der Waals surface area contributed by atoms with E-state index in [0.717, 1.165) is 5.76 Å². The van der Waals surface area contributed by atoms with Crippen LogP contribution in [0.2, 0.25) is 0 Å². The Balaban J connectivity index is 1.69. The third kappa shape index (κ3) is 1.66. The minimum Gasteiger partial charge on any atom is -0.467 e. The van der Waals surface area contributed by atoms with Crippen molar-refractivity contribution in [1.29, 1.82) is 0 Å². The largest absolute Gasteiger partial charge is 0.467 e. The summed E-state index contributed by atoms with van der Waals surface area (Å²) >= 11 is 0. The lowest BCUT2D eigenvalue weighted by Gasteiger charge is -2.06. The van der Waals surface area contributed by atoms with E-state index in [0.29, 0.717) is 13.2 Å². The van der Waals surface area contributed by atoms with Gasteiger partial charge in [-0.3, -0.25) is 0 Å². The zero-order valence-electron chi connectivity index (χ0n) is 6.69. The summed E-state index contributed by atoms with van der Waals surface area (Å²) in [5, 5.41) is 0. The second-order valence-electron chi connectivity index (χ2n) is 2.67. The van der Waals surface area contributed by atoms with Crippen LogP contribution >= 0.6 is 0 Å². The number of allylic oxidation sites excluding steroid dienone is 2. The summed E-state index contributed by atoms with van der Waals surface area (Å²) < 4.78 is 10.5. The van der Waals surface area contributed by atoms with Crippen LogP contribution in [-0.2, 0) is 11.3 Å². The van der Waals surface area contributed by atoms with E-state index >= 15 is 0 Å². The molecule has 0 atom stereocenters. The average molecular weight is 162 g/mol. The molecule has 0 aliphatic heterocycles. The van der Waals surface area contributed by atoms with Gasteiger partial charge in [0.2, 0.25) is 0 Å². The first-order valence-electron chi connectivity index (χ1n) is 3.92. The molecule has 12 heavy (non-hydrogen) atoms. The zero-order valence-corrected chi connectivity index (χ0v) is 6.69. The molecule has 0 spiro atoms. The fraction of sp³-hybridized carbons (Fsp3) is 0.200. The first-order chi connectivity index (χ1) is 5.95. The van der Waals surface area contributed by atoms with Crippen LogP contribution in [0.3, 0.4) is 0 Å². The highest BCUT2D eigenvalue weighted by atomic mass is 16.5. The van der Waals surface area contributed by atoms with Crippen molar-refractivity contribution in [3.63, 3.8) is 0 Å². The van der Waals surface area contributed by atoms with Gasteiger partial charge in [0.05, 0.1) is 12.9 Å². The van der Waals surface area contributed by atoms with Gasteiger partial charge in [-0.1, -0.05) is 18.2 Å². The summed E-state index contributed by atoms with van der Waals surface area (Å²) in [5.74, 6) is 0.874. The van der Waals surface area contributed by atoms with Gasteiger partial charge in [0.1, 0.15) is 12.4 Å². The molecule has 0 N–H and O–H groups in total. The molecule has 1 aromatic heterocycles. The van der Waals surface area contributed by atoms with E-state index in [4.69, 9.17) is 9.15 Å². The zero-order chi connectivity index (χ0) is 8.23. The fourth-order valence-corrected chi connectivity index (χ4v) is 0.993. The van der Waals surface area contributed by atoms with Gasteiger partial charge >= 0.3 is 0 Å². The molecule has 0 fully saturated rings. The molecule has 0 amide bonds. The van der Waals surface area contributed by atoms with Crippen LogP contribution in [0.5, 0.6) is 0 Å².